The van der Waals surface area contributed by atoms with E-state index in [0.717, 1.165) is 5.75 Å². The molecule has 0 bridgehead atoms. The lowest BCUT2D eigenvalue weighted by Crippen LogP contribution is -2.20. The van der Waals surface area contributed by atoms with Crippen molar-refractivity contribution in [3.63, 3.8) is 0 Å². The highest BCUT2D eigenvalue weighted by molar-refractivity contribution is 6.30. The van der Waals surface area contributed by atoms with Crippen LogP contribution < -0.4 is 14.8 Å². The van der Waals surface area contributed by atoms with Crippen LogP contribution in [-0.4, -0.2) is 19.1 Å². The summed E-state index contributed by atoms with van der Waals surface area (Å²) in [4.78, 5) is 11.8. The van der Waals surface area contributed by atoms with Crippen LogP contribution in [0.5, 0.6) is 11.5 Å². The molecule has 0 heterocycles. The smallest absolute Gasteiger partial charge is 0.262 e. The van der Waals surface area contributed by atoms with Crippen molar-refractivity contribution in [3.8, 4) is 11.5 Å². The Morgan fingerprint density at radius 1 is 1.05 bits per heavy atom. The van der Waals surface area contributed by atoms with Crippen LogP contribution in [0, 0.1) is 0 Å². The molecular formula is C17H16ClNO3. The second-order valence-corrected chi connectivity index (χ2v) is 4.85. The lowest BCUT2D eigenvalue weighted by Gasteiger charge is -2.08. The first-order chi connectivity index (χ1) is 10.7. The monoisotopic (exact) mass is 317 g/mol. The minimum absolute atomic E-state index is 0.0731. The Morgan fingerprint density at radius 2 is 1.64 bits per heavy atom. The van der Waals surface area contributed by atoms with Crippen molar-refractivity contribution < 1.29 is 14.3 Å². The summed E-state index contributed by atoms with van der Waals surface area (Å²) in [6.07, 6.45) is 1.67. The van der Waals surface area contributed by atoms with Gasteiger partial charge in [-0.2, -0.15) is 0 Å². The van der Waals surface area contributed by atoms with Gasteiger partial charge in [-0.05, 0) is 48.5 Å². The van der Waals surface area contributed by atoms with Gasteiger partial charge in [0.1, 0.15) is 18.1 Å². The number of amides is 1. The number of carbonyl (C=O) groups excluding carboxylic acids is 1. The molecule has 0 aliphatic heterocycles. The summed E-state index contributed by atoms with van der Waals surface area (Å²) in [5.74, 6) is 1.07. The highest BCUT2D eigenvalue weighted by atomic mass is 35.5. The number of hydrogen-bond donors (Lipinski definition) is 1. The zero-order chi connectivity index (χ0) is 15.8. The molecule has 1 N–H and O–H groups in total. The van der Waals surface area contributed by atoms with Crippen molar-refractivity contribution in [1.29, 1.82) is 0 Å². The first-order valence-electron chi connectivity index (χ1n) is 6.69. The Hall–Kier alpha value is -2.46. The number of rotatable bonds is 7. The van der Waals surface area contributed by atoms with Gasteiger partial charge >= 0.3 is 0 Å². The summed E-state index contributed by atoms with van der Waals surface area (Å²) < 4.78 is 10.7. The number of nitrogens with one attached hydrogen (secondary N) is 1. The third kappa shape index (κ3) is 5.14. The minimum atomic E-state index is -0.241. The molecule has 114 valence electrons. The predicted octanol–water partition coefficient (Wildman–Crippen LogP) is 3.92. The van der Waals surface area contributed by atoms with Crippen molar-refractivity contribution in [2.24, 2.45) is 0 Å². The van der Waals surface area contributed by atoms with Gasteiger partial charge in [0.05, 0.1) is 0 Å². The molecule has 2 aromatic carbocycles. The normalized spacial score (nSPS) is 9.86. The van der Waals surface area contributed by atoms with Gasteiger partial charge in [0.15, 0.2) is 6.61 Å². The zero-order valence-corrected chi connectivity index (χ0v) is 12.7. The van der Waals surface area contributed by atoms with Gasteiger partial charge in [-0.3, -0.25) is 4.79 Å². The molecule has 0 aliphatic carbocycles. The van der Waals surface area contributed by atoms with Gasteiger partial charge < -0.3 is 14.8 Å². The Balaban J connectivity index is 1.81. The maximum absolute atomic E-state index is 11.8. The second kappa shape index (κ2) is 8.10. The maximum atomic E-state index is 11.8. The summed E-state index contributed by atoms with van der Waals surface area (Å²) in [5.41, 5.74) is 0.677. The molecule has 0 atom stereocenters. The average Bonchev–Trinajstić information content (AvgIpc) is 2.54. The molecule has 0 saturated carbocycles. The topological polar surface area (TPSA) is 47.6 Å². The predicted molar refractivity (Wildman–Crippen MR) is 87.7 cm³/mol. The van der Waals surface area contributed by atoms with E-state index in [1.807, 2.05) is 0 Å². The van der Waals surface area contributed by atoms with E-state index in [1.165, 1.54) is 0 Å². The Morgan fingerprint density at radius 3 is 2.27 bits per heavy atom. The van der Waals surface area contributed by atoms with E-state index in [0.29, 0.717) is 23.1 Å². The Bertz CT molecular complexity index is 623. The summed E-state index contributed by atoms with van der Waals surface area (Å²) in [7, 11) is 0. The molecule has 0 aliphatic rings. The van der Waals surface area contributed by atoms with Crippen molar-refractivity contribution in [2.75, 3.05) is 18.5 Å². The van der Waals surface area contributed by atoms with Crippen molar-refractivity contribution >= 4 is 23.2 Å². The molecular weight excluding hydrogens is 302 g/mol. The van der Waals surface area contributed by atoms with Gasteiger partial charge in [-0.1, -0.05) is 24.3 Å². The van der Waals surface area contributed by atoms with Crippen LogP contribution >= 0.6 is 11.6 Å². The van der Waals surface area contributed by atoms with E-state index in [2.05, 4.69) is 11.9 Å². The van der Waals surface area contributed by atoms with E-state index in [1.54, 1.807) is 54.6 Å². The fourth-order valence-corrected chi connectivity index (χ4v) is 1.79. The molecule has 2 aromatic rings. The Kier molecular flexibility index (Phi) is 5.86. The number of hydrogen-bond acceptors (Lipinski definition) is 3. The molecule has 0 aromatic heterocycles. The minimum Gasteiger partial charge on any atom is -0.490 e. The summed E-state index contributed by atoms with van der Waals surface area (Å²) in [5, 5.41) is 3.36. The van der Waals surface area contributed by atoms with Gasteiger partial charge in [-0.15, -0.1) is 0 Å². The number of anilines is 1. The molecule has 0 fully saturated rings. The van der Waals surface area contributed by atoms with Gasteiger partial charge in [0.25, 0.3) is 5.91 Å². The average molecular weight is 318 g/mol. The molecule has 1 amide bonds. The lowest BCUT2D eigenvalue weighted by atomic mass is 10.3. The van der Waals surface area contributed by atoms with Crippen LogP contribution in [-0.2, 0) is 4.79 Å². The summed E-state index contributed by atoms with van der Waals surface area (Å²) in [6.45, 7) is 3.95. The van der Waals surface area contributed by atoms with Crippen molar-refractivity contribution in [3.05, 3.63) is 66.2 Å². The highest BCUT2D eigenvalue weighted by Crippen LogP contribution is 2.17. The molecule has 0 unspecified atom stereocenters. The summed E-state index contributed by atoms with van der Waals surface area (Å²) in [6, 6.07) is 13.9. The highest BCUT2D eigenvalue weighted by Gasteiger charge is 2.04. The third-order valence-corrected chi connectivity index (χ3v) is 2.94. The van der Waals surface area contributed by atoms with Crippen LogP contribution in [0.4, 0.5) is 5.69 Å². The molecule has 0 saturated heterocycles. The van der Waals surface area contributed by atoms with E-state index in [9.17, 15) is 4.79 Å². The number of benzene rings is 2. The lowest BCUT2D eigenvalue weighted by molar-refractivity contribution is -0.118. The van der Waals surface area contributed by atoms with Crippen LogP contribution in [0.3, 0.4) is 0 Å². The maximum Gasteiger partial charge on any atom is 0.262 e. The quantitative estimate of drug-likeness (QED) is 0.787. The van der Waals surface area contributed by atoms with Gasteiger partial charge in [-0.25, -0.2) is 0 Å². The van der Waals surface area contributed by atoms with Crippen LogP contribution in [0.15, 0.2) is 61.2 Å². The Labute approximate surface area is 134 Å². The van der Waals surface area contributed by atoms with Crippen LogP contribution in [0.25, 0.3) is 0 Å². The second-order valence-electron chi connectivity index (χ2n) is 4.41. The number of halogens is 1. The first-order valence-corrected chi connectivity index (χ1v) is 7.07. The zero-order valence-electron chi connectivity index (χ0n) is 11.9. The van der Waals surface area contributed by atoms with Gasteiger partial charge in [0.2, 0.25) is 0 Å². The number of ether oxygens (including phenoxy) is 2. The molecule has 2 rings (SSSR count). The van der Waals surface area contributed by atoms with E-state index < -0.39 is 0 Å². The molecule has 4 nitrogen and oxygen atoms in total. The van der Waals surface area contributed by atoms with Crippen molar-refractivity contribution in [2.45, 2.75) is 0 Å². The first kappa shape index (κ1) is 15.9. The van der Waals surface area contributed by atoms with E-state index in [-0.39, 0.29) is 12.5 Å². The van der Waals surface area contributed by atoms with E-state index >= 15 is 0 Å². The van der Waals surface area contributed by atoms with Crippen LogP contribution in [0.1, 0.15) is 0 Å². The summed E-state index contributed by atoms with van der Waals surface area (Å²) >= 11 is 5.78. The molecule has 22 heavy (non-hydrogen) atoms. The van der Waals surface area contributed by atoms with Crippen LogP contribution in [0.2, 0.25) is 5.02 Å². The number of carbonyl (C=O) groups is 1. The molecule has 0 spiro atoms. The third-order valence-electron chi connectivity index (χ3n) is 2.69. The largest absolute Gasteiger partial charge is 0.490 e. The van der Waals surface area contributed by atoms with Crippen molar-refractivity contribution in [1.82, 2.24) is 0 Å². The van der Waals surface area contributed by atoms with E-state index in [4.69, 9.17) is 21.1 Å². The molecule has 0 radical (unpaired) electrons. The molecule has 5 heteroatoms. The fraction of sp³-hybridized carbons (Fsp3) is 0.118. The SMILES string of the molecule is C=CCOc1ccc(NC(=O)COc2ccc(Cl)cc2)cc1. The fourth-order valence-electron chi connectivity index (χ4n) is 1.67. The standard InChI is InChI=1S/C17H16ClNO3/c1-2-11-21-15-9-5-14(6-10-15)19-17(20)12-22-16-7-3-13(18)4-8-16/h2-10H,1,11-12H2,(H,19,20). The van der Waals surface area contributed by atoms with Gasteiger partial charge in [0, 0.05) is 10.7 Å².